The van der Waals surface area contributed by atoms with Gasteiger partial charge in [-0.2, -0.15) is 0 Å². The summed E-state index contributed by atoms with van der Waals surface area (Å²) in [5, 5.41) is 22.4. The van der Waals surface area contributed by atoms with Crippen molar-refractivity contribution in [1.29, 1.82) is 0 Å². The van der Waals surface area contributed by atoms with E-state index in [9.17, 15) is 39.0 Å². The Morgan fingerprint density at radius 3 is 2.42 bits per heavy atom. The first-order valence-electron chi connectivity index (χ1n) is 12.7. The molecule has 40 heavy (non-hydrogen) atoms. The first-order valence-corrected chi connectivity index (χ1v) is 12.7. The third-order valence-electron chi connectivity index (χ3n) is 8.61. The third-order valence-corrected chi connectivity index (χ3v) is 8.61. The van der Waals surface area contributed by atoms with Crippen molar-refractivity contribution in [2.75, 3.05) is 21.2 Å². The van der Waals surface area contributed by atoms with Crippen molar-refractivity contribution in [1.82, 2.24) is 4.90 Å². The predicted octanol–water partition coefficient (Wildman–Crippen LogP) is 0.355. The maximum absolute atomic E-state index is 13.9. The predicted molar refractivity (Wildman–Crippen MR) is 139 cm³/mol. The molecular formula is C29H28N2O9. The molecule has 5 rings (SSSR count). The van der Waals surface area contributed by atoms with Crippen molar-refractivity contribution in [2.24, 2.45) is 29.4 Å². The van der Waals surface area contributed by atoms with Crippen LogP contribution < -0.4 is 10.5 Å². The number of aldehydes is 1. The average Bonchev–Trinajstić information content (AvgIpc) is 2.90. The van der Waals surface area contributed by atoms with Gasteiger partial charge in [-0.25, -0.2) is 0 Å². The number of carbonyl (C=O) groups excluding carboxylic acids is 6. The molecule has 0 heterocycles. The fourth-order valence-electron chi connectivity index (χ4n) is 6.87. The second kappa shape index (κ2) is 9.46. The SMILES string of the molecule is COc1ccc(-c2ccc(O)c3c2C[C@H]2C[C@H]4[C@H](N(C)C)C(=O)C(C(N)=O)C(=O)[C@@]4(O)C(=O)C2C3=O)cc1C=O. The molecular weight excluding hydrogens is 520 g/mol. The van der Waals surface area contributed by atoms with Crippen molar-refractivity contribution >= 4 is 35.3 Å². The molecule has 0 saturated heterocycles. The van der Waals surface area contributed by atoms with E-state index >= 15 is 0 Å². The van der Waals surface area contributed by atoms with Gasteiger partial charge in [-0.3, -0.25) is 33.7 Å². The largest absolute Gasteiger partial charge is 0.507 e. The van der Waals surface area contributed by atoms with E-state index in [1.54, 1.807) is 24.3 Å². The maximum Gasteiger partial charge on any atom is 0.235 e. The van der Waals surface area contributed by atoms with Crippen LogP contribution in [0.4, 0.5) is 0 Å². The Morgan fingerprint density at radius 2 is 1.82 bits per heavy atom. The van der Waals surface area contributed by atoms with E-state index < -0.39 is 64.4 Å². The van der Waals surface area contributed by atoms with Crippen LogP contribution in [0.1, 0.15) is 32.7 Å². The quantitative estimate of drug-likeness (QED) is 0.348. The number of nitrogens with two attached hydrogens (primary N) is 1. The number of carbonyl (C=O) groups is 6. The number of benzene rings is 2. The molecule has 0 aliphatic heterocycles. The van der Waals surface area contributed by atoms with Crippen molar-refractivity contribution in [3.05, 3.63) is 47.0 Å². The number of nitrogens with zero attached hydrogens (tertiary/aromatic N) is 1. The number of phenols is 1. The van der Waals surface area contributed by atoms with Crippen LogP contribution >= 0.6 is 0 Å². The zero-order chi connectivity index (χ0) is 29.3. The Kier molecular flexibility index (Phi) is 6.47. The van der Waals surface area contributed by atoms with Gasteiger partial charge in [0.1, 0.15) is 11.5 Å². The van der Waals surface area contributed by atoms with Gasteiger partial charge in [0.2, 0.25) is 5.91 Å². The van der Waals surface area contributed by atoms with Gasteiger partial charge in [0.05, 0.1) is 30.2 Å². The zero-order valence-electron chi connectivity index (χ0n) is 22.0. The maximum atomic E-state index is 13.9. The molecule has 208 valence electrons. The van der Waals surface area contributed by atoms with Gasteiger partial charge in [-0.15, -0.1) is 0 Å². The molecule has 0 aromatic heterocycles. The molecule has 2 aromatic rings. The molecule has 1 amide bonds. The van der Waals surface area contributed by atoms with Crippen molar-refractivity contribution in [3.63, 3.8) is 0 Å². The highest BCUT2D eigenvalue weighted by Crippen LogP contribution is 2.51. The van der Waals surface area contributed by atoms with Gasteiger partial charge in [0, 0.05) is 5.92 Å². The number of methoxy groups -OCH3 is 1. The minimum atomic E-state index is -2.78. The minimum absolute atomic E-state index is 0.0544. The molecule has 4 N–H and O–H groups in total. The number of rotatable bonds is 5. The van der Waals surface area contributed by atoms with Crippen LogP contribution in [0.25, 0.3) is 11.1 Å². The van der Waals surface area contributed by atoms with E-state index in [0.717, 1.165) is 0 Å². The molecule has 2 saturated carbocycles. The van der Waals surface area contributed by atoms with Gasteiger partial charge in [0.25, 0.3) is 0 Å². The molecule has 2 unspecified atom stereocenters. The number of fused-ring (bicyclic) bond motifs is 3. The van der Waals surface area contributed by atoms with Gasteiger partial charge in [-0.1, -0.05) is 12.1 Å². The molecule has 2 aromatic carbocycles. The summed E-state index contributed by atoms with van der Waals surface area (Å²) in [6.45, 7) is 0. The van der Waals surface area contributed by atoms with E-state index in [2.05, 4.69) is 0 Å². The average molecular weight is 549 g/mol. The van der Waals surface area contributed by atoms with E-state index in [0.29, 0.717) is 28.7 Å². The molecule has 11 heteroatoms. The van der Waals surface area contributed by atoms with Crippen LogP contribution in [0.5, 0.6) is 11.5 Å². The second-order valence-corrected chi connectivity index (χ2v) is 10.8. The number of ether oxygens (including phenoxy) is 1. The fourth-order valence-corrected chi connectivity index (χ4v) is 6.87. The highest BCUT2D eigenvalue weighted by Gasteiger charge is 2.69. The van der Waals surface area contributed by atoms with Crippen LogP contribution in [0.3, 0.4) is 0 Å². The van der Waals surface area contributed by atoms with Crippen LogP contribution in [0, 0.1) is 23.7 Å². The smallest absolute Gasteiger partial charge is 0.235 e. The van der Waals surface area contributed by atoms with Crippen LogP contribution in [-0.4, -0.2) is 83.3 Å². The molecule has 6 atom stereocenters. The number of ketones is 4. The number of phenolic OH excluding ortho intramolecular Hbond substituents is 1. The standard InChI is InChI=1S/C29H28N2O9/c1-31(2)23-17-10-13-9-16-15(12-4-7-19(40-3)14(8-12)11-32)5-6-18(33)21(16)24(34)20(13)26(36)29(17,39)27(37)22(25(23)35)28(30)38/h4-8,11,13,17,20,22-23,33,39H,9-10H2,1-3H3,(H2,30,38)/t13-,17-,20?,22?,23-,29-/m0/s1. The summed E-state index contributed by atoms with van der Waals surface area (Å²) in [5.41, 5.74) is 4.28. The Balaban J connectivity index is 1.66. The van der Waals surface area contributed by atoms with E-state index in [-0.39, 0.29) is 29.7 Å². The highest BCUT2D eigenvalue weighted by molar-refractivity contribution is 6.32. The van der Waals surface area contributed by atoms with E-state index in [1.807, 2.05) is 0 Å². The summed E-state index contributed by atoms with van der Waals surface area (Å²) in [4.78, 5) is 79.5. The topological polar surface area (TPSA) is 181 Å². The summed E-state index contributed by atoms with van der Waals surface area (Å²) in [6.07, 6.45) is 0.689. The summed E-state index contributed by atoms with van der Waals surface area (Å²) in [5.74, 6) is -10.7. The normalized spacial score (nSPS) is 29.5. The molecule has 3 aliphatic rings. The van der Waals surface area contributed by atoms with E-state index in [1.165, 1.54) is 32.2 Å². The lowest BCUT2D eigenvalue weighted by atomic mass is 9.52. The molecule has 3 aliphatic carbocycles. The molecule has 0 spiro atoms. The monoisotopic (exact) mass is 548 g/mol. The third kappa shape index (κ3) is 3.65. The highest BCUT2D eigenvalue weighted by atomic mass is 16.5. The van der Waals surface area contributed by atoms with Gasteiger partial charge < -0.3 is 20.7 Å². The lowest BCUT2D eigenvalue weighted by molar-refractivity contribution is -0.181. The minimum Gasteiger partial charge on any atom is -0.507 e. The summed E-state index contributed by atoms with van der Waals surface area (Å²) in [7, 11) is 4.48. The summed E-state index contributed by atoms with van der Waals surface area (Å²) < 4.78 is 5.21. The molecule has 2 fully saturated rings. The lowest BCUT2D eigenvalue weighted by Crippen LogP contribution is -2.74. The Labute approximate surface area is 228 Å². The van der Waals surface area contributed by atoms with Gasteiger partial charge in [-0.05, 0) is 67.7 Å². The Hall–Kier alpha value is -4.22. The van der Waals surface area contributed by atoms with Crippen LogP contribution in [-0.2, 0) is 25.6 Å². The Bertz CT molecular complexity index is 1510. The first-order chi connectivity index (χ1) is 18.9. The van der Waals surface area contributed by atoms with Gasteiger partial charge >= 0.3 is 0 Å². The lowest BCUT2D eigenvalue weighted by Gasteiger charge is -2.52. The number of primary amides is 1. The van der Waals surface area contributed by atoms with Crippen molar-refractivity contribution in [3.8, 4) is 22.6 Å². The number of hydrogen-bond acceptors (Lipinski definition) is 10. The number of amides is 1. The fraction of sp³-hybridized carbons (Fsp3) is 0.379. The first kappa shape index (κ1) is 27.4. The summed E-state index contributed by atoms with van der Waals surface area (Å²) in [6, 6.07) is 6.62. The van der Waals surface area contributed by atoms with E-state index in [4.69, 9.17) is 10.5 Å². The molecule has 11 nitrogen and oxygen atoms in total. The number of aliphatic hydroxyl groups is 1. The second-order valence-electron chi connectivity index (χ2n) is 10.8. The number of aromatic hydroxyl groups is 1. The van der Waals surface area contributed by atoms with Crippen LogP contribution in [0.2, 0.25) is 0 Å². The summed E-state index contributed by atoms with van der Waals surface area (Å²) >= 11 is 0. The number of hydrogen-bond donors (Lipinski definition) is 3. The molecule has 0 radical (unpaired) electrons. The Morgan fingerprint density at radius 1 is 1.12 bits per heavy atom. The number of likely N-dealkylation sites (N-methyl/N-ethyl adjacent to an activating group) is 1. The molecule has 0 bridgehead atoms. The van der Waals surface area contributed by atoms with Gasteiger partial charge in [0.15, 0.2) is 40.9 Å². The number of Topliss-reactive ketones (excluding diaryl/α,β-unsaturated/α-hetero) is 4. The van der Waals surface area contributed by atoms with Crippen molar-refractivity contribution in [2.45, 2.75) is 24.5 Å². The van der Waals surface area contributed by atoms with Crippen LogP contribution in [0.15, 0.2) is 30.3 Å². The van der Waals surface area contributed by atoms with Crippen molar-refractivity contribution < 1.29 is 43.7 Å². The zero-order valence-corrected chi connectivity index (χ0v) is 22.0.